The molecule has 0 atom stereocenters. The highest BCUT2D eigenvalue weighted by Gasteiger charge is 2.00. The minimum absolute atomic E-state index is 0.616. The van der Waals surface area contributed by atoms with Gasteiger partial charge in [-0.2, -0.15) is 0 Å². The summed E-state index contributed by atoms with van der Waals surface area (Å²) in [6.07, 6.45) is 0. The second-order valence-electron chi connectivity index (χ2n) is 5.26. The average Bonchev–Trinajstić information content (AvgIpc) is 2.84. The van der Waals surface area contributed by atoms with Crippen LogP contribution in [0.5, 0.6) is 0 Å². The highest BCUT2D eigenvalue weighted by Crippen LogP contribution is 2.21. The zero-order valence-corrected chi connectivity index (χ0v) is 14.1. The van der Waals surface area contributed by atoms with Crippen molar-refractivity contribution >= 4 is 23.1 Å². The van der Waals surface area contributed by atoms with Crippen molar-refractivity contribution in [1.82, 2.24) is 5.32 Å². The number of nitrogens with one attached hydrogen (secondary N) is 1. The highest BCUT2D eigenvalue weighted by atomic mass is 32.2. The Morgan fingerprint density at radius 1 is 1.10 bits per heavy atom. The maximum Gasteiger partial charge on any atom is 0.0300 e. The number of aryl methyl sites for hydroxylation is 1. The van der Waals surface area contributed by atoms with Crippen molar-refractivity contribution in [3.63, 3.8) is 0 Å². The van der Waals surface area contributed by atoms with E-state index in [2.05, 4.69) is 62.5 Å². The van der Waals surface area contributed by atoms with Gasteiger partial charge in [0.15, 0.2) is 0 Å². The van der Waals surface area contributed by atoms with Crippen LogP contribution in [0.3, 0.4) is 0 Å². The van der Waals surface area contributed by atoms with Crippen molar-refractivity contribution in [2.45, 2.75) is 38.1 Å². The normalized spacial score (nSPS) is 11.2. The third kappa shape index (κ3) is 4.97. The van der Waals surface area contributed by atoms with Gasteiger partial charge in [-0.15, -0.1) is 23.1 Å². The van der Waals surface area contributed by atoms with Gasteiger partial charge in [0.1, 0.15) is 0 Å². The predicted octanol–water partition coefficient (Wildman–Crippen LogP) is 5.06. The highest BCUT2D eigenvalue weighted by molar-refractivity contribution is 7.99. The van der Waals surface area contributed by atoms with Crippen LogP contribution in [0, 0.1) is 6.92 Å². The largest absolute Gasteiger partial charge is 0.311 e. The first kappa shape index (κ1) is 15.6. The molecular formula is C17H23NS2. The summed E-state index contributed by atoms with van der Waals surface area (Å²) >= 11 is 3.80. The Morgan fingerprint density at radius 2 is 1.85 bits per heavy atom. The van der Waals surface area contributed by atoms with Gasteiger partial charge in [-0.3, -0.25) is 0 Å². The first-order chi connectivity index (χ1) is 9.65. The summed E-state index contributed by atoms with van der Waals surface area (Å²) < 4.78 is 0. The molecule has 2 rings (SSSR count). The van der Waals surface area contributed by atoms with E-state index in [0.29, 0.717) is 5.92 Å². The molecule has 0 amide bonds. The molecular weight excluding hydrogens is 282 g/mol. The van der Waals surface area contributed by atoms with Gasteiger partial charge in [0.05, 0.1) is 0 Å². The van der Waals surface area contributed by atoms with E-state index in [4.69, 9.17) is 0 Å². The monoisotopic (exact) mass is 305 g/mol. The molecule has 0 aliphatic heterocycles. The summed E-state index contributed by atoms with van der Waals surface area (Å²) in [4.78, 5) is 4.18. The lowest BCUT2D eigenvalue weighted by Crippen LogP contribution is -2.15. The van der Waals surface area contributed by atoms with Gasteiger partial charge >= 0.3 is 0 Å². The van der Waals surface area contributed by atoms with E-state index in [1.165, 1.54) is 20.2 Å². The molecule has 1 N–H and O–H groups in total. The Bertz CT molecular complexity index is 514. The summed E-state index contributed by atoms with van der Waals surface area (Å²) in [6.45, 7) is 8.67. The smallest absolute Gasteiger partial charge is 0.0300 e. The third-order valence-electron chi connectivity index (χ3n) is 3.19. The van der Waals surface area contributed by atoms with Crippen molar-refractivity contribution in [1.29, 1.82) is 0 Å². The van der Waals surface area contributed by atoms with Gasteiger partial charge in [0.2, 0.25) is 0 Å². The Kier molecular flexibility index (Phi) is 6.14. The lowest BCUT2D eigenvalue weighted by molar-refractivity contribution is 0.741. The van der Waals surface area contributed by atoms with Crippen molar-refractivity contribution < 1.29 is 0 Å². The van der Waals surface area contributed by atoms with Gasteiger partial charge in [-0.05, 0) is 42.7 Å². The van der Waals surface area contributed by atoms with Crippen LogP contribution < -0.4 is 5.32 Å². The van der Waals surface area contributed by atoms with E-state index in [1.807, 2.05) is 23.1 Å². The molecule has 0 fully saturated rings. The lowest BCUT2D eigenvalue weighted by Gasteiger charge is -2.07. The second kappa shape index (κ2) is 7.87. The van der Waals surface area contributed by atoms with Crippen LogP contribution >= 0.6 is 23.1 Å². The molecule has 108 valence electrons. The summed E-state index contributed by atoms with van der Waals surface area (Å²) in [5, 5.41) is 3.50. The van der Waals surface area contributed by atoms with Gasteiger partial charge in [-0.1, -0.05) is 26.0 Å². The number of benzene rings is 1. The van der Waals surface area contributed by atoms with Gasteiger partial charge in [-0.25, -0.2) is 0 Å². The number of rotatable bonds is 7. The first-order valence-corrected chi connectivity index (χ1v) is 8.94. The number of thioether (sulfide) groups is 1. The molecule has 0 aliphatic carbocycles. The SMILES string of the molecule is Cc1ccc(CNCCSc2ccc(C(C)C)cc2)s1. The predicted molar refractivity (Wildman–Crippen MR) is 92.0 cm³/mol. The summed E-state index contributed by atoms with van der Waals surface area (Å²) in [6, 6.07) is 13.4. The van der Waals surface area contributed by atoms with Crippen LogP contribution in [-0.2, 0) is 6.54 Å². The molecule has 0 bridgehead atoms. The van der Waals surface area contributed by atoms with Gasteiger partial charge in [0.25, 0.3) is 0 Å². The number of hydrogen-bond donors (Lipinski definition) is 1. The molecule has 0 aliphatic rings. The topological polar surface area (TPSA) is 12.0 Å². The molecule has 2 aromatic rings. The van der Waals surface area contributed by atoms with E-state index in [-0.39, 0.29) is 0 Å². The first-order valence-electron chi connectivity index (χ1n) is 7.14. The Hall–Kier alpha value is -0.770. The molecule has 0 unspecified atom stereocenters. The summed E-state index contributed by atoms with van der Waals surface area (Å²) in [5.41, 5.74) is 1.42. The molecule has 1 aromatic carbocycles. The van der Waals surface area contributed by atoms with Crippen LogP contribution in [0.15, 0.2) is 41.3 Å². The fourth-order valence-electron chi connectivity index (χ4n) is 1.98. The minimum Gasteiger partial charge on any atom is -0.311 e. The maximum atomic E-state index is 3.50. The quantitative estimate of drug-likeness (QED) is 0.566. The van der Waals surface area contributed by atoms with Gasteiger partial charge < -0.3 is 5.32 Å². The van der Waals surface area contributed by atoms with Crippen molar-refractivity contribution in [2.75, 3.05) is 12.3 Å². The van der Waals surface area contributed by atoms with Gasteiger partial charge in [0, 0.05) is 33.5 Å². The molecule has 0 spiro atoms. The average molecular weight is 306 g/mol. The molecule has 1 heterocycles. The fraction of sp³-hybridized carbons (Fsp3) is 0.412. The fourth-order valence-corrected chi connectivity index (χ4v) is 3.65. The second-order valence-corrected chi connectivity index (χ2v) is 7.80. The Morgan fingerprint density at radius 3 is 2.45 bits per heavy atom. The number of hydrogen-bond acceptors (Lipinski definition) is 3. The molecule has 1 aromatic heterocycles. The zero-order chi connectivity index (χ0) is 14.4. The van der Waals surface area contributed by atoms with E-state index in [9.17, 15) is 0 Å². The van der Waals surface area contributed by atoms with E-state index < -0.39 is 0 Å². The Labute approximate surface area is 130 Å². The molecule has 1 nitrogen and oxygen atoms in total. The summed E-state index contributed by atoms with van der Waals surface area (Å²) in [7, 11) is 0. The maximum absolute atomic E-state index is 3.50. The molecule has 20 heavy (non-hydrogen) atoms. The molecule has 0 saturated carbocycles. The van der Waals surface area contributed by atoms with Crippen LogP contribution in [0.25, 0.3) is 0 Å². The summed E-state index contributed by atoms with van der Waals surface area (Å²) in [5.74, 6) is 1.73. The van der Waals surface area contributed by atoms with Crippen LogP contribution in [0.2, 0.25) is 0 Å². The van der Waals surface area contributed by atoms with Crippen LogP contribution in [0.4, 0.5) is 0 Å². The van der Waals surface area contributed by atoms with Crippen molar-refractivity contribution in [3.8, 4) is 0 Å². The van der Waals surface area contributed by atoms with E-state index in [0.717, 1.165) is 18.8 Å². The lowest BCUT2D eigenvalue weighted by atomic mass is 10.0. The van der Waals surface area contributed by atoms with E-state index >= 15 is 0 Å². The van der Waals surface area contributed by atoms with Crippen LogP contribution in [-0.4, -0.2) is 12.3 Å². The number of thiophene rings is 1. The van der Waals surface area contributed by atoms with Crippen molar-refractivity contribution in [3.05, 3.63) is 51.7 Å². The van der Waals surface area contributed by atoms with Crippen molar-refractivity contribution in [2.24, 2.45) is 0 Å². The Balaban J connectivity index is 1.65. The van der Waals surface area contributed by atoms with Crippen LogP contribution in [0.1, 0.15) is 35.1 Å². The minimum atomic E-state index is 0.616. The standard InChI is InChI=1S/C17H23NS2/c1-13(2)15-5-8-16(9-6-15)19-11-10-18-12-17-7-4-14(3)20-17/h4-9,13,18H,10-12H2,1-3H3. The molecule has 0 radical (unpaired) electrons. The third-order valence-corrected chi connectivity index (χ3v) is 5.20. The van der Waals surface area contributed by atoms with E-state index in [1.54, 1.807) is 0 Å². The molecule has 0 saturated heterocycles. The zero-order valence-electron chi connectivity index (χ0n) is 12.5. The molecule has 3 heteroatoms.